The third kappa shape index (κ3) is 2.75. The number of hydrogen-bond donors (Lipinski definition) is 2. The zero-order valence-corrected chi connectivity index (χ0v) is 13.5. The standard InChI is InChI=1S/C13H17N3O3S2/c1-7-3-4-8-9(5-7)20-13-11(8)12(17)15-10(16-13)6-21(18,19)14-2/h7,14H,3-6H2,1-2H3,(H,15,16,17)/t7-/m1/s1. The highest BCUT2D eigenvalue weighted by atomic mass is 32.2. The minimum Gasteiger partial charge on any atom is -0.309 e. The maximum absolute atomic E-state index is 12.3. The molecule has 0 spiro atoms. The summed E-state index contributed by atoms with van der Waals surface area (Å²) in [6, 6.07) is 0. The molecule has 2 N–H and O–H groups in total. The number of nitrogens with zero attached hydrogens (tertiary/aromatic N) is 1. The number of fused-ring (bicyclic) bond motifs is 3. The quantitative estimate of drug-likeness (QED) is 0.885. The van der Waals surface area contributed by atoms with E-state index in [4.69, 9.17) is 0 Å². The van der Waals surface area contributed by atoms with E-state index in [0.29, 0.717) is 16.1 Å². The summed E-state index contributed by atoms with van der Waals surface area (Å²) in [5, 5.41) is 0.646. The first kappa shape index (κ1) is 14.7. The molecule has 2 aromatic heterocycles. The summed E-state index contributed by atoms with van der Waals surface area (Å²) in [5.74, 6) is 0.496. The van der Waals surface area contributed by atoms with Gasteiger partial charge in [-0.1, -0.05) is 6.92 Å². The van der Waals surface area contributed by atoms with Gasteiger partial charge in [-0.3, -0.25) is 4.79 Å². The van der Waals surface area contributed by atoms with Gasteiger partial charge in [0.25, 0.3) is 5.56 Å². The fourth-order valence-corrected chi connectivity index (χ4v) is 4.76. The van der Waals surface area contributed by atoms with Crippen molar-refractivity contribution >= 4 is 31.6 Å². The number of rotatable bonds is 3. The number of hydrogen-bond acceptors (Lipinski definition) is 5. The second-order valence-corrected chi connectivity index (χ2v) is 8.52. The average Bonchev–Trinajstić information content (AvgIpc) is 2.75. The molecule has 0 amide bonds. The lowest BCUT2D eigenvalue weighted by molar-refractivity contribution is 0.509. The molecule has 2 aromatic rings. The molecule has 3 rings (SSSR count). The molecule has 114 valence electrons. The van der Waals surface area contributed by atoms with Crippen LogP contribution in [0, 0.1) is 5.92 Å². The summed E-state index contributed by atoms with van der Waals surface area (Å²) in [4.78, 5) is 21.1. The minimum absolute atomic E-state index is 0.188. The zero-order valence-electron chi connectivity index (χ0n) is 11.9. The van der Waals surface area contributed by atoms with Gasteiger partial charge in [-0.15, -0.1) is 11.3 Å². The lowest BCUT2D eigenvalue weighted by Gasteiger charge is -2.17. The molecule has 0 unspecified atom stereocenters. The van der Waals surface area contributed by atoms with Crippen molar-refractivity contribution in [2.75, 3.05) is 7.05 Å². The summed E-state index contributed by atoms with van der Waals surface area (Å²) in [7, 11) is -2.10. The first-order valence-corrected chi connectivity index (χ1v) is 9.31. The van der Waals surface area contributed by atoms with Crippen LogP contribution < -0.4 is 10.3 Å². The monoisotopic (exact) mass is 327 g/mol. The van der Waals surface area contributed by atoms with Crippen LogP contribution >= 0.6 is 11.3 Å². The summed E-state index contributed by atoms with van der Waals surface area (Å²) in [6.45, 7) is 2.20. The fourth-order valence-electron chi connectivity index (χ4n) is 2.71. The van der Waals surface area contributed by atoms with Crippen molar-refractivity contribution in [3.05, 3.63) is 26.6 Å². The van der Waals surface area contributed by atoms with Crippen LogP contribution in [0.25, 0.3) is 10.2 Å². The highest BCUT2D eigenvalue weighted by Crippen LogP contribution is 2.35. The van der Waals surface area contributed by atoms with E-state index in [0.717, 1.165) is 24.8 Å². The van der Waals surface area contributed by atoms with Gasteiger partial charge in [-0.2, -0.15) is 0 Å². The molecular weight excluding hydrogens is 310 g/mol. The molecule has 0 saturated heterocycles. The van der Waals surface area contributed by atoms with Gasteiger partial charge in [0.05, 0.1) is 5.39 Å². The van der Waals surface area contributed by atoms with E-state index in [1.165, 1.54) is 23.3 Å². The smallest absolute Gasteiger partial charge is 0.259 e. The topological polar surface area (TPSA) is 91.9 Å². The van der Waals surface area contributed by atoms with Gasteiger partial charge in [-0.25, -0.2) is 18.1 Å². The maximum Gasteiger partial charge on any atom is 0.259 e. The Morgan fingerprint density at radius 3 is 2.95 bits per heavy atom. The Morgan fingerprint density at radius 1 is 1.48 bits per heavy atom. The van der Waals surface area contributed by atoms with E-state index in [1.54, 1.807) is 0 Å². The van der Waals surface area contributed by atoms with Crippen LogP contribution in [0.5, 0.6) is 0 Å². The van der Waals surface area contributed by atoms with E-state index >= 15 is 0 Å². The van der Waals surface area contributed by atoms with Crippen LogP contribution in [0.1, 0.15) is 29.6 Å². The van der Waals surface area contributed by atoms with E-state index < -0.39 is 10.0 Å². The van der Waals surface area contributed by atoms with E-state index in [9.17, 15) is 13.2 Å². The first-order chi connectivity index (χ1) is 9.89. The fraction of sp³-hybridized carbons (Fsp3) is 0.538. The van der Waals surface area contributed by atoms with E-state index in [2.05, 4.69) is 21.6 Å². The minimum atomic E-state index is -3.45. The summed E-state index contributed by atoms with van der Waals surface area (Å²) >= 11 is 1.52. The van der Waals surface area contributed by atoms with Crippen molar-refractivity contribution in [2.24, 2.45) is 5.92 Å². The Labute approximate surface area is 126 Å². The van der Waals surface area contributed by atoms with Crippen molar-refractivity contribution in [3.63, 3.8) is 0 Å². The molecule has 8 heteroatoms. The van der Waals surface area contributed by atoms with E-state index in [-0.39, 0.29) is 17.1 Å². The van der Waals surface area contributed by atoms with Crippen molar-refractivity contribution in [3.8, 4) is 0 Å². The number of aromatic amines is 1. The zero-order chi connectivity index (χ0) is 15.2. The number of nitrogens with one attached hydrogen (secondary N) is 2. The average molecular weight is 327 g/mol. The molecule has 1 aliphatic carbocycles. The van der Waals surface area contributed by atoms with Crippen LogP contribution in [0.15, 0.2) is 4.79 Å². The Hall–Kier alpha value is -1.25. The molecule has 21 heavy (non-hydrogen) atoms. The summed E-state index contributed by atoms with van der Waals surface area (Å²) in [5.41, 5.74) is 0.873. The van der Waals surface area contributed by atoms with Gasteiger partial charge < -0.3 is 4.98 Å². The van der Waals surface area contributed by atoms with Crippen molar-refractivity contribution in [2.45, 2.75) is 31.9 Å². The van der Waals surface area contributed by atoms with Crippen LogP contribution in [-0.4, -0.2) is 25.4 Å². The predicted molar refractivity (Wildman–Crippen MR) is 83.1 cm³/mol. The lowest BCUT2D eigenvalue weighted by atomic mass is 9.89. The summed E-state index contributed by atoms with van der Waals surface area (Å²) in [6.07, 6.45) is 2.95. The first-order valence-electron chi connectivity index (χ1n) is 6.84. The normalized spacial score (nSPS) is 18.9. The lowest BCUT2D eigenvalue weighted by Crippen LogP contribution is -2.23. The third-order valence-corrected chi connectivity index (χ3v) is 6.28. The molecule has 0 bridgehead atoms. The molecule has 1 atom stereocenters. The molecule has 1 aliphatic rings. The summed E-state index contributed by atoms with van der Waals surface area (Å²) < 4.78 is 25.4. The molecule has 6 nitrogen and oxygen atoms in total. The number of aromatic nitrogens is 2. The van der Waals surface area contributed by atoms with Crippen molar-refractivity contribution in [1.82, 2.24) is 14.7 Å². The molecular formula is C13H17N3O3S2. The number of thiophene rings is 1. The Bertz CT molecular complexity index is 851. The number of sulfonamides is 1. The molecule has 2 heterocycles. The number of H-pyrrole nitrogens is 1. The maximum atomic E-state index is 12.3. The Morgan fingerprint density at radius 2 is 2.24 bits per heavy atom. The van der Waals surface area contributed by atoms with Gasteiger partial charge in [0.2, 0.25) is 10.0 Å². The van der Waals surface area contributed by atoms with Crippen LogP contribution in [0.4, 0.5) is 0 Å². The molecule has 0 radical (unpaired) electrons. The molecule has 0 aromatic carbocycles. The number of aryl methyl sites for hydroxylation is 1. The predicted octanol–water partition coefficient (Wildman–Crippen LogP) is 1.16. The SMILES string of the molecule is CNS(=O)(=O)Cc1nc2sc3c(c2c(=O)[nH]1)CC[C@@H](C)C3. The largest absolute Gasteiger partial charge is 0.309 e. The van der Waals surface area contributed by atoms with Crippen LogP contribution in [0.3, 0.4) is 0 Å². The van der Waals surface area contributed by atoms with Gasteiger partial charge in [0, 0.05) is 4.88 Å². The second-order valence-electron chi connectivity index (χ2n) is 5.51. The van der Waals surface area contributed by atoms with Gasteiger partial charge in [-0.05, 0) is 37.8 Å². The second kappa shape index (κ2) is 5.19. The highest BCUT2D eigenvalue weighted by molar-refractivity contribution is 7.88. The van der Waals surface area contributed by atoms with Gasteiger partial charge >= 0.3 is 0 Å². The highest BCUT2D eigenvalue weighted by Gasteiger charge is 2.23. The molecule has 0 saturated carbocycles. The molecule has 0 aliphatic heterocycles. The van der Waals surface area contributed by atoms with Gasteiger partial charge in [0.15, 0.2) is 0 Å². The molecule has 0 fully saturated rings. The van der Waals surface area contributed by atoms with Crippen LogP contribution in [-0.2, 0) is 28.6 Å². The van der Waals surface area contributed by atoms with E-state index in [1.807, 2.05) is 0 Å². The van der Waals surface area contributed by atoms with Crippen LogP contribution in [0.2, 0.25) is 0 Å². The van der Waals surface area contributed by atoms with Crippen molar-refractivity contribution < 1.29 is 8.42 Å². The van der Waals surface area contributed by atoms with Crippen molar-refractivity contribution in [1.29, 1.82) is 0 Å². The van der Waals surface area contributed by atoms with Gasteiger partial charge in [0.1, 0.15) is 16.4 Å². The Balaban J connectivity index is 2.11. The Kier molecular flexibility index (Phi) is 3.62. The third-order valence-electron chi connectivity index (χ3n) is 3.85.